The Kier molecular flexibility index (Phi) is 3.73. The maximum atomic E-state index is 13.2. The number of hydrogen-bond acceptors (Lipinski definition) is 4. The van der Waals surface area contributed by atoms with Gasteiger partial charge < -0.3 is 5.11 Å². The Hall–Kier alpha value is -3.54. The van der Waals surface area contributed by atoms with Crippen LogP contribution in [-0.4, -0.2) is 25.5 Å². The van der Waals surface area contributed by atoms with E-state index in [0.29, 0.717) is 11.2 Å². The summed E-state index contributed by atoms with van der Waals surface area (Å²) in [5.74, 6) is -0.735. The summed E-state index contributed by atoms with van der Waals surface area (Å²) in [6, 6.07) is 12.5. The molecule has 0 amide bonds. The molecule has 0 aliphatic rings. The Bertz CT molecular complexity index is 1130. The van der Waals surface area contributed by atoms with Crippen molar-refractivity contribution in [3.8, 4) is 16.9 Å². The van der Waals surface area contributed by atoms with Crippen LogP contribution in [0.2, 0.25) is 0 Å². The van der Waals surface area contributed by atoms with E-state index in [1.165, 1.54) is 28.9 Å². The molecule has 4 aromatic rings. The molecule has 6 heteroatoms. The zero-order valence-electron chi connectivity index (χ0n) is 13.8. The number of phenols is 1. The molecule has 0 unspecified atom stereocenters. The number of aromatic hydroxyl groups is 1. The number of nitrogens with zero attached hydrogens (tertiary/aromatic N) is 3. The van der Waals surface area contributed by atoms with Gasteiger partial charge in [0, 0.05) is 18.0 Å². The largest absolute Gasteiger partial charge is 0.507 e. The van der Waals surface area contributed by atoms with E-state index >= 15 is 0 Å². The standard InChI is InChI=1S/C20H14FN3O2/c1-12-18(13-6-8-15(21)9-7-13)20-22-10-14(11-24(20)23-12)19(26)16-4-2-3-5-17(16)25/h2-11,25H,1H3. The summed E-state index contributed by atoms with van der Waals surface area (Å²) in [6.45, 7) is 1.83. The first-order chi connectivity index (χ1) is 12.5. The van der Waals surface area contributed by atoms with Crippen LogP contribution in [0.5, 0.6) is 5.75 Å². The number of carbonyl (C=O) groups is 1. The molecule has 0 fully saturated rings. The van der Waals surface area contributed by atoms with Gasteiger partial charge in [0.05, 0.1) is 16.8 Å². The topological polar surface area (TPSA) is 67.5 Å². The van der Waals surface area contributed by atoms with Gasteiger partial charge in [-0.1, -0.05) is 24.3 Å². The summed E-state index contributed by atoms with van der Waals surface area (Å²) >= 11 is 0. The molecule has 128 valence electrons. The molecule has 0 spiro atoms. The molecule has 0 atom stereocenters. The molecule has 26 heavy (non-hydrogen) atoms. The van der Waals surface area contributed by atoms with E-state index in [4.69, 9.17) is 0 Å². The summed E-state index contributed by atoms with van der Waals surface area (Å²) < 4.78 is 14.7. The van der Waals surface area contributed by atoms with E-state index in [9.17, 15) is 14.3 Å². The lowest BCUT2D eigenvalue weighted by molar-refractivity contribution is 0.103. The summed E-state index contributed by atoms with van der Waals surface area (Å²) in [5.41, 5.74) is 3.39. The third-order valence-electron chi connectivity index (χ3n) is 4.19. The average molecular weight is 347 g/mol. The molecule has 0 bridgehead atoms. The number of halogens is 1. The first-order valence-corrected chi connectivity index (χ1v) is 7.98. The maximum absolute atomic E-state index is 13.2. The minimum atomic E-state index is -0.339. The number of hydrogen-bond donors (Lipinski definition) is 1. The molecule has 2 aromatic carbocycles. The molecule has 0 saturated heterocycles. The van der Waals surface area contributed by atoms with Gasteiger partial charge in [-0.3, -0.25) is 4.79 Å². The van der Waals surface area contributed by atoms with Crippen molar-refractivity contribution < 1.29 is 14.3 Å². The van der Waals surface area contributed by atoms with Gasteiger partial charge in [-0.05, 0) is 36.8 Å². The summed E-state index contributed by atoms with van der Waals surface area (Å²) in [4.78, 5) is 17.0. The third-order valence-corrected chi connectivity index (χ3v) is 4.19. The molecule has 0 saturated carbocycles. The number of aromatic nitrogens is 3. The molecule has 2 heterocycles. The van der Waals surface area contributed by atoms with Gasteiger partial charge in [0.25, 0.3) is 0 Å². The van der Waals surface area contributed by atoms with Crippen molar-refractivity contribution in [2.75, 3.05) is 0 Å². The first kappa shape index (κ1) is 16.0. The molecule has 0 radical (unpaired) electrons. The van der Waals surface area contributed by atoms with E-state index in [0.717, 1.165) is 16.8 Å². The predicted octanol–water partition coefficient (Wildman–Crippen LogP) is 3.78. The van der Waals surface area contributed by atoms with Gasteiger partial charge in [-0.2, -0.15) is 5.10 Å². The highest BCUT2D eigenvalue weighted by Gasteiger charge is 2.17. The predicted molar refractivity (Wildman–Crippen MR) is 94.7 cm³/mol. The number of ketones is 1. The Morgan fingerprint density at radius 2 is 1.85 bits per heavy atom. The summed E-state index contributed by atoms with van der Waals surface area (Å²) in [7, 11) is 0. The number of benzene rings is 2. The van der Waals surface area contributed by atoms with Crippen molar-refractivity contribution in [1.29, 1.82) is 0 Å². The fourth-order valence-corrected chi connectivity index (χ4v) is 2.94. The van der Waals surface area contributed by atoms with Crippen LogP contribution < -0.4 is 0 Å². The number of rotatable bonds is 3. The van der Waals surface area contributed by atoms with Crippen LogP contribution in [0.4, 0.5) is 4.39 Å². The Morgan fingerprint density at radius 3 is 2.58 bits per heavy atom. The third kappa shape index (κ3) is 2.61. The Labute approximate surface area is 148 Å². The monoisotopic (exact) mass is 347 g/mol. The van der Waals surface area contributed by atoms with E-state index in [1.807, 2.05) is 6.92 Å². The first-order valence-electron chi connectivity index (χ1n) is 7.98. The molecular weight excluding hydrogens is 333 g/mol. The van der Waals surface area contributed by atoms with Gasteiger partial charge >= 0.3 is 0 Å². The average Bonchev–Trinajstić information content (AvgIpc) is 2.97. The van der Waals surface area contributed by atoms with Crippen molar-refractivity contribution in [1.82, 2.24) is 14.6 Å². The highest BCUT2D eigenvalue weighted by atomic mass is 19.1. The van der Waals surface area contributed by atoms with Crippen molar-refractivity contribution in [2.24, 2.45) is 0 Å². The molecule has 4 rings (SSSR count). The second kappa shape index (κ2) is 6.07. The molecule has 2 aromatic heterocycles. The minimum absolute atomic E-state index is 0.0822. The highest BCUT2D eigenvalue weighted by Crippen LogP contribution is 2.28. The normalized spacial score (nSPS) is 11.0. The van der Waals surface area contributed by atoms with E-state index < -0.39 is 0 Å². The minimum Gasteiger partial charge on any atom is -0.507 e. The van der Waals surface area contributed by atoms with Crippen LogP contribution in [-0.2, 0) is 0 Å². The number of aryl methyl sites for hydroxylation is 1. The summed E-state index contributed by atoms with van der Waals surface area (Å²) in [6.07, 6.45) is 3.04. The Morgan fingerprint density at radius 1 is 1.12 bits per heavy atom. The van der Waals surface area contributed by atoms with E-state index in [2.05, 4.69) is 10.1 Å². The molecule has 0 aliphatic carbocycles. The van der Waals surface area contributed by atoms with Gasteiger partial charge in [0.2, 0.25) is 0 Å². The zero-order chi connectivity index (χ0) is 18.3. The second-order valence-electron chi connectivity index (χ2n) is 5.92. The van der Waals surface area contributed by atoms with Crippen molar-refractivity contribution >= 4 is 11.4 Å². The molecule has 1 N–H and O–H groups in total. The van der Waals surface area contributed by atoms with Crippen molar-refractivity contribution in [2.45, 2.75) is 6.92 Å². The SMILES string of the molecule is Cc1nn2cc(C(=O)c3ccccc3O)cnc2c1-c1ccc(F)cc1. The number of carbonyl (C=O) groups excluding carboxylic acids is 1. The zero-order valence-corrected chi connectivity index (χ0v) is 13.8. The molecule has 5 nitrogen and oxygen atoms in total. The fourth-order valence-electron chi connectivity index (χ4n) is 2.94. The number of phenolic OH excluding ortho intramolecular Hbond substituents is 1. The van der Waals surface area contributed by atoms with Crippen LogP contribution in [0.3, 0.4) is 0 Å². The smallest absolute Gasteiger partial charge is 0.199 e. The van der Waals surface area contributed by atoms with Crippen LogP contribution in [0.1, 0.15) is 21.6 Å². The molecule has 0 aliphatic heterocycles. The quantitative estimate of drug-likeness (QED) is 0.573. The summed E-state index contributed by atoms with van der Waals surface area (Å²) in [5, 5.41) is 14.3. The van der Waals surface area contributed by atoms with Gasteiger partial charge in [0.1, 0.15) is 11.6 Å². The van der Waals surface area contributed by atoms with Crippen LogP contribution in [0.25, 0.3) is 16.8 Å². The highest BCUT2D eigenvalue weighted by molar-refractivity contribution is 6.10. The lowest BCUT2D eigenvalue weighted by Gasteiger charge is -2.04. The van der Waals surface area contributed by atoms with Crippen molar-refractivity contribution in [3.05, 3.63) is 83.6 Å². The lowest BCUT2D eigenvalue weighted by atomic mass is 10.0. The number of para-hydroxylation sites is 1. The van der Waals surface area contributed by atoms with Gasteiger partial charge in [0.15, 0.2) is 11.4 Å². The fraction of sp³-hybridized carbons (Fsp3) is 0.0500. The van der Waals surface area contributed by atoms with Crippen molar-refractivity contribution in [3.63, 3.8) is 0 Å². The molecular formula is C20H14FN3O2. The van der Waals surface area contributed by atoms with Crippen LogP contribution in [0, 0.1) is 12.7 Å². The van der Waals surface area contributed by atoms with Gasteiger partial charge in [-0.15, -0.1) is 0 Å². The lowest BCUT2D eigenvalue weighted by Crippen LogP contribution is -2.05. The van der Waals surface area contributed by atoms with Crippen LogP contribution >= 0.6 is 0 Å². The van der Waals surface area contributed by atoms with E-state index in [1.54, 1.807) is 36.5 Å². The van der Waals surface area contributed by atoms with Crippen LogP contribution in [0.15, 0.2) is 60.9 Å². The van der Waals surface area contributed by atoms with E-state index in [-0.39, 0.29) is 22.9 Å². The number of fused-ring (bicyclic) bond motifs is 1. The maximum Gasteiger partial charge on any atom is 0.199 e. The van der Waals surface area contributed by atoms with Gasteiger partial charge in [-0.25, -0.2) is 13.9 Å². The Balaban J connectivity index is 1.81. The second-order valence-corrected chi connectivity index (χ2v) is 5.92.